The molecule has 332 valence electrons. The molecule has 1 saturated heterocycles. The fraction of sp³-hybridized carbons (Fsp3) is 0.423. The lowest BCUT2D eigenvalue weighted by molar-refractivity contribution is -0.223. The third-order valence-electron chi connectivity index (χ3n) is 12.7. The second kappa shape index (κ2) is 21.2. The lowest BCUT2D eigenvalue weighted by Gasteiger charge is -2.58. The number of rotatable bonds is 19. The monoisotopic (exact) mass is 872 g/mol. The largest absolute Gasteiger partial charge is 0.460 e. The lowest BCUT2D eigenvalue weighted by Crippen LogP contribution is -2.64. The fourth-order valence-electron chi connectivity index (χ4n) is 9.87. The summed E-state index contributed by atoms with van der Waals surface area (Å²) in [6.45, 7) is 6.74. The molecule has 0 aromatic heterocycles. The summed E-state index contributed by atoms with van der Waals surface area (Å²) >= 11 is 1.67. The quantitative estimate of drug-likeness (QED) is 0.0479. The maximum absolute atomic E-state index is 11.9. The number of thioether (sulfide) groups is 1. The van der Waals surface area contributed by atoms with Crippen LogP contribution in [-0.4, -0.2) is 65.6 Å². The van der Waals surface area contributed by atoms with Crippen LogP contribution in [0.25, 0.3) is 11.1 Å². The van der Waals surface area contributed by atoms with Crippen molar-refractivity contribution < 1.29 is 38.8 Å². The molecule has 4 aliphatic rings. The number of oxime groups is 1. The summed E-state index contributed by atoms with van der Waals surface area (Å²) in [4.78, 5) is 19.2. The predicted octanol–water partition coefficient (Wildman–Crippen LogP) is 11.1. The molecule has 7 atom stereocenters. The second-order valence-electron chi connectivity index (χ2n) is 17.0. The molecule has 1 amide bonds. The summed E-state index contributed by atoms with van der Waals surface area (Å²) in [5.74, 6) is 0.787. The number of allylic oxidation sites excluding steroid dienone is 1. The summed E-state index contributed by atoms with van der Waals surface area (Å²) in [6, 6.07) is 32.5. The smallest absolute Gasteiger partial charge is 0.231 e. The molecule has 4 aromatic carbocycles. The van der Waals surface area contributed by atoms with Crippen LogP contribution >= 0.6 is 11.8 Å². The molecule has 2 aliphatic heterocycles. The number of anilines is 1. The fourth-order valence-corrected chi connectivity index (χ4v) is 11.2. The van der Waals surface area contributed by atoms with Crippen LogP contribution in [0.4, 0.5) is 5.69 Å². The first-order chi connectivity index (χ1) is 30.9. The molecule has 2 heterocycles. The van der Waals surface area contributed by atoms with Crippen LogP contribution in [0.1, 0.15) is 82.6 Å². The summed E-state index contributed by atoms with van der Waals surface area (Å²) in [6.07, 6.45) is 12.0. The van der Waals surface area contributed by atoms with Crippen LogP contribution in [0.3, 0.4) is 0 Å². The average Bonchev–Trinajstić information content (AvgIpc) is 3.31. The minimum absolute atomic E-state index is 0.0953. The molecule has 10 nitrogen and oxygen atoms in total. The number of unbranched alkanes of at least 4 members (excludes halogenated alkanes) is 2. The van der Waals surface area contributed by atoms with E-state index in [-0.39, 0.29) is 54.6 Å². The number of hydrogen-bond acceptors (Lipinski definition) is 10. The molecule has 0 spiro atoms. The van der Waals surface area contributed by atoms with Crippen LogP contribution in [0.2, 0.25) is 0 Å². The van der Waals surface area contributed by atoms with Gasteiger partial charge in [-0.1, -0.05) is 72.6 Å². The molecular formula is C52H60N2O8S. The normalized spacial score (nSPS) is 25.5. The zero-order chi connectivity index (χ0) is 43.6. The Morgan fingerprint density at radius 1 is 0.921 bits per heavy atom. The molecule has 3 N–H and O–H groups in total. The number of hydrogen-bond donors (Lipinski definition) is 3. The van der Waals surface area contributed by atoms with Crippen molar-refractivity contribution in [1.82, 2.24) is 0 Å². The molecule has 2 fully saturated rings. The molecule has 1 unspecified atom stereocenters. The number of nitrogens with zero attached hydrogens (tertiary/aromatic N) is 1. The number of ether oxygens (including phenoxy) is 4. The lowest BCUT2D eigenvalue weighted by atomic mass is 9.56. The van der Waals surface area contributed by atoms with Crippen molar-refractivity contribution in [2.24, 2.45) is 22.9 Å². The van der Waals surface area contributed by atoms with Crippen molar-refractivity contribution in [2.75, 3.05) is 31.7 Å². The van der Waals surface area contributed by atoms with Gasteiger partial charge in [-0.25, -0.2) is 0 Å². The van der Waals surface area contributed by atoms with Gasteiger partial charge in [0.15, 0.2) is 0 Å². The first-order valence-electron chi connectivity index (χ1n) is 22.6. The van der Waals surface area contributed by atoms with E-state index in [0.717, 1.165) is 95.0 Å². The standard InChI is InChI=1S/C52H60N2O8S/c1-3-30-59-52-48(63-42-25-20-39(21-26-42)53-35(2)57)34-46(54-62-49-17-9-12-31-58-49)44-32-38(15-7-10-28-55)43(16-8-11-29-56)50(51(44)52)45-33-41(24-27-47(45)61-52)60-40-22-18-37(19-23-40)36-13-5-4-6-14-36/h3-6,13-14,18-27,32-33,38,43,48-51,55-56H,1,7-12,15-17,28-31,34H2,2H3,(H,53,57)/t38-,43+,48-,49?,50+,51+,52+/m0/s1. The number of amides is 1. The molecule has 0 radical (unpaired) electrons. The summed E-state index contributed by atoms with van der Waals surface area (Å²) < 4.78 is 27.2. The van der Waals surface area contributed by atoms with Gasteiger partial charge in [0.25, 0.3) is 0 Å². The minimum atomic E-state index is -1.15. The van der Waals surface area contributed by atoms with Crippen LogP contribution < -0.4 is 14.8 Å². The highest BCUT2D eigenvalue weighted by atomic mass is 32.2. The van der Waals surface area contributed by atoms with E-state index in [9.17, 15) is 15.0 Å². The highest BCUT2D eigenvalue weighted by molar-refractivity contribution is 8.00. The predicted molar refractivity (Wildman–Crippen MR) is 248 cm³/mol. The van der Waals surface area contributed by atoms with Crippen molar-refractivity contribution in [2.45, 2.75) is 99.3 Å². The Hall–Kier alpha value is -4.91. The van der Waals surface area contributed by atoms with E-state index in [1.807, 2.05) is 66.7 Å². The zero-order valence-corrected chi connectivity index (χ0v) is 37.0. The van der Waals surface area contributed by atoms with Crippen LogP contribution in [0, 0.1) is 17.8 Å². The Bertz CT molecular complexity index is 2210. The second-order valence-corrected chi connectivity index (χ2v) is 18.2. The van der Waals surface area contributed by atoms with Gasteiger partial charge in [0.2, 0.25) is 18.0 Å². The van der Waals surface area contributed by atoms with E-state index in [2.05, 4.69) is 48.3 Å². The van der Waals surface area contributed by atoms with Crippen molar-refractivity contribution >= 4 is 29.1 Å². The molecular weight excluding hydrogens is 813 g/mol. The van der Waals surface area contributed by atoms with Gasteiger partial charge < -0.3 is 39.3 Å². The first kappa shape index (κ1) is 44.7. The third kappa shape index (κ3) is 10.4. The topological polar surface area (TPSA) is 128 Å². The molecule has 2 aliphatic carbocycles. The van der Waals surface area contributed by atoms with Gasteiger partial charge in [-0.3, -0.25) is 4.79 Å². The number of aliphatic hydroxyl groups is 2. The van der Waals surface area contributed by atoms with Crippen molar-refractivity contribution in [3.8, 4) is 28.4 Å². The Balaban J connectivity index is 1.25. The number of carbonyl (C=O) groups is 1. The van der Waals surface area contributed by atoms with Crippen LogP contribution in [0.5, 0.6) is 17.2 Å². The SMILES string of the molecule is C=CCO[C@@]12Oc3ccc(Oc4ccc(-c5ccccc5)cc4)cc3[C@H]3[C@H](CCCCO)[C@@H](CCCCO)C=C(C(=NOC4CCCCO4)C[C@@H]1Sc1ccc(NC(C)=O)cc1)[C@H]32. The number of fused-ring (bicyclic) bond motifs is 2. The molecule has 8 rings (SSSR count). The van der Waals surface area contributed by atoms with Gasteiger partial charge in [0.1, 0.15) is 17.2 Å². The molecule has 0 bridgehead atoms. The molecule has 1 saturated carbocycles. The highest BCUT2D eigenvalue weighted by Crippen LogP contribution is 2.63. The Kier molecular flexibility index (Phi) is 15.0. The first-order valence-corrected chi connectivity index (χ1v) is 23.5. The minimum Gasteiger partial charge on any atom is -0.460 e. The summed E-state index contributed by atoms with van der Waals surface area (Å²) in [5, 5.41) is 27.5. The molecule has 11 heteroatoms. The Morgan fingerprint density at radius 3 is 2.38 bits per heavy atom. The van der Waals surface area contributed by atoms with Gasteiger partial charge in [-0.05, 0) is 122 Å². The van der Waals surface area contributed by atoms with Crippen molar-refractivity contribution in [3.63, 3.8) is 0 Å². The highest BCUT2D eigenvalue weighted by Gasteiger charge is 2.64. The van der Waals surface area contributed by atoms with Gasteiger partial charge in [0, 0.05) is 55.0 Å². The summed E-state index contributed by atoms with van der Waals surface area (Å²) in [7, 11) is 0. The van der Waals surface area contributed by atoms with Gasteiger partial charge in [-0.2, -0.15) is 0 Å². The van der Waals surface area contributed by atoms with E-state index >= 15 is 0 Å². The van der Waals surface area contributed by atoms with E-state index in [0.29, 0.717) is 31.6 Å². The van der Waals surface area contributed by atoms with Crippen LogP contribution in [-0.2, 0) is 19.1 Å². The average molecular weight is 873 g/mol. The van der Waals surface area contributed by atoms with Gasteiger partial charge in [-0.15, -0.1) is 18.3 Å². The van der Waals surface area contributed by atoms with Crippen LogP contribution in [0.15, 0.2) is 131 Å². The van der Waals surface area contributed by atoms with E-state index in [1.54, 1.807) is 17.8 Å². The zero-order valence-electron chi connectivity index (χ0n) is 36.2. The van der Waals surface area contributed by atoms with Gasteiger partial charge in [0.05, 0.1) is 30.1 Å². The number of carbonyl (C=O) groups excluding carboxylic acids is 1. The Labute approximate surface area is 375 Å². The Morgan fingerprint density at radius 2 is 1.67 bits per heavy atom. The summed E-state index contributed by atoms with van der Waals surface area (Å²) in [5.41, 5.74) is 5.93. The van der Waals surface area contributed by atoms with E-state index < -0.39 is 12.1 Å². The molecule has 63 heavy (non-hydrogen) atoms. The van der Waals surface area contributed by atoms with E-state index in [1.165, 1.54) is 6.92 Å². The molecule has 4 aromatic rings. The number of nitrogens with one attached hydrogen (secondary N) is 1. The number of aliphatic hydroxyl groups excluding tert-OH is 2. The van der Waals surface area contributed by atoms with E-state index in [4.69, 9.17) is 28.9 Å². The third-order valence-corrected chi connectivity index (χ3v) is 14.0. The maximum atomic E-state index is 11.9. The van der Waals surface area contributed by atoms with Crippen molar-refractivity contribution in [1.29, 1.82) is 0 Å². The van der Waals surface area contributed by atoms with Crippen molar-refractivity contribution in [3.05, 3.63) is 127 Å². The van der Waals surface area contributed by atoms with Gasteiger partial charge >= 0.3 is 0 Å². The number of benzene rings is 4. The maximum Gasteiger partial charge on any atom is 0.231 e.